The highest BCUT2D eigenvalue weighted by Crippen LogP contribution is 1.91. The van der Waals surface area contributed by atoms with E-state index in [1.165, 1.54) is 6.20 Å². The number of allylic oxidation sites excluding steroid dienone is 1. The molecule has 0 aromatic rings. The topological polar surface area (TPSA) is 45.0 Å². The van der Waals surface area contributed by atoms with E-state index in [0.717, 1.165) is 0 Å². The van der Waals surface area contributed by atoms with Gasteiger partial charge in [-0.05, 0) is 13.6 Å². The van der Waals surface area contributed by atoms with Gasteiger partial charge in [-0.2, -0.15) is 0 Å². The first kappa shape index (κ1) is 7.88. The second kappa shape index (κ2) is 3.83. The molecule has 0 amide bonds. The van der Waals surface area contributed by atoms with Crippen molar-refractivity contribution >= 4 is 12.4 Å². The molecule has 0 radical (unpaired) electrons. The molecule has 0 unspecified atom stereocenters. The molecule has 3 nitrogen and oxygen atoms in total. The molecule has 0 aliphatic carbocycles. The normalized spacial score (nSPS) is 13.6. The van der Waals surface area contributed by atoms with Gasteiger partial charge in [0.25, 0.3) is 0 Å². The third-order valence-electron chi connectivity index (χ3n) is 0.920. The number of hydrogen-bond acceptors (Lipinski definition) is 3. The zero-order valence-electron chi connectivity index (χ0n) is 5.63. The third-order valence-corrected chi connectivity index (χ3v) is 0.920. The minimum atomic E-state index is 0.0625. The SMILES string of the molecule is C=N/C=C(/O)C(C)=NC. The molecule has 0 saturated carbocycles. The average molecular weight is 126 g/mol. The van der Waals surface area contributed by atoms with E-state index in [4.69, 9.17) is 5.11 Å². The summed E-state index contributed by atoms with van der Waals surface area (Å²) in [6, 6.07) is 0. The fraction of sp³-hybridized carbons (Fsp3) is 0.333. The van der Waals surface area contributed by atoms with Crippen LogP contribution in [0.25, 0.3) is 0 Å². The Morgan fingerprint density at radius 2 is 2.22 bits per heavy atom. The van der Waals surface area contributed by atoms with Crippen LogP contribution in [0.15, 0.2) is 21.9 Å². The summed E-state index contributed by atoms with van der Waals surface area (Å²) in [5.74, 6) is 0.0625. The number of aliphatic imine (C=N–C) groups is 2. The summed E-state index contributed by atoms with van der Waals surface area (Å²) in [7, 11) is 1.60. The smallest absolute Gasteiger partial charge is 0.154 e. The quantitative estimate of drug-likeness (QED) is 0.438. The Labute approximate surface area is 54.5 Å². The van der Waals surface area contributed by atoms with Crippen molar-refractivity contribution in [2.45, 2.75) is 6.92 Å². The second-order valence-electron chi connectivity index (χ2n) is 1.51. The number of nitrogens with zero attached hydrogens (tertiary/aromatic N) is 2. The molecule has 0 aromatic carbocycles. The summed E-state index contributed by atoms with van der Waals surface area (Å²) in [5.41, 5.74) is 0.558. The molecule has 0 atom stereocenters. The molecule has 0 rings (SSSR count). The van der Waals surface area contributed by atoms with Crippen LogP contribution in [0.4, 0.5) is 0 Å². The molecular formula is C6H10N2O. The summed E-state index contributed by atoms with van der Waals surface area (Å²) >= 11 is 0. The lowest BCUT2D eigenvalue weighted by Crippen LogP contribution is -1.94. The van der Waals surface area contributed by atoms with Gasteiger partial charge in [-0.3, -0.25) is 9.98 Å². The van der Waals surface area contributed by atoms with Gasteiger partial charge >= 0.3 is 0 Å². The maximum atomic E-state index is 8.91. The first-order valence-electron chi connectivity index (χ1n) is 2.51. The Morgan fingerprint density at radius 1 is 1.67 bits per heavy atom. The van der Waals surface area contributed by atoms with Gasteiger partial charge in [-0.1, -0.05) is 0 Å². The van der Waals surface area contributed by atoms with E-state index >= 15 is 0 Å². The molecule has 0 spiro atoms. The van der Waals surface area contributed by atoms with Gasteiger partial charge in [0.15, 0.2) is 5.76 Å². The monoisotopic (exact) mass is 126 g/mol. The first-order chi connectivity index (χ1) is 4.22. The van der Waals surface area contributed by atoms with Crippen LogP contribution in [-0.2, 0) is 0 Å². The van der Waals surface area contributed by atoms with Gasteiger partial charge in [0.05, 0.1) is 11.9 Å². The molecule has 0 bridgehead atoms. The third kappa shape index (κ3) is 2.64. The molecule has 0 fully saturated rings. The predicted molar refractivity (Wildman–Crippen MR) is 39.3 cm³/mol. The number of aliphatic hydroxyl groups is 1. The summed E-state index contributed by atoms with van der Waals surface area (Å²) in [6.07, 6.45) is 1.25. The number of rotatable bonds is 2. The molecule has 50 valence electrons. The fourth-order valence-corrected chi connectivity index (χ4v) is 0.294. The van der Waals surface area contributed by atoms with Gasteiger partial charge in [0.2, 0.25) is 0 Å². The Bertz CT molecular complexity index is 158. The van der Waals surface area contributed by atoms with Crippen LogP contribution in [0, 0.1) is 0 Å². The first-order valence-corrected chi connectivity index (χ1v) is 2.51. The minimum Gasteiger partial charge on any atom is -0.505 e. The van der Waals surface area contributed by atoms with Gasteiger partial charge in [-0.15, -0.1) is 0 Å². The van der Waals surface area contributed by atoms with Crippen LogP contribution >= 0.6 is 0 Å². The molecule has 0 heterocycles. The maximum Gasteiger partial charge on any atom is 0.154 e. The van der Waals surface area contributed by atoms with E-state index in [0.29, 0.717) is 5.71 Å². The number of aliphatic hydroxyl groups excluding tert-OH is 1. The van der Waals surface area contributed by atoms with Gasteiger partial charge in [0, 0.05) is 7.05 Å². The van der Waals surface area contributed by atoms with Gasteiger partial charge < -0.3 is 5.11 Å². The van der Waals surface area contributed by atoms with Crippen LogP contribution < -0.4 is 0 Å². The maximum absolute atomic E-state index is 8.91. The fourth-order valence-electron chi connectivity index (χ4n) is 0.294. The molecule has 3 heteroatoms. The molecule has 0 aliphatic heterocycles. The van der Waals surface area contributed by atoms with E-state index in [-0.39, 0.29) is 5.76 Å². The number of hydrogen-bond donors (Lipinski definition) is 1. The second-order valence-corrected chi connectivity index (χ2v) is 1.51. The predicted octanol–water partition coefficient (Wildman–Crippen LogP) is 1.18. The highest BCUT2D eigenvalue weighted by molar-refractivity contribution is 5.95. The standard InChI is InChI=1S/C6H10N2O/c1-5(8-3)6(9)4-7-2/h4,9H,2H2,1,3H3/b6-4+,8-5?. The summed E-state index contributed by atoms with van der Waals surface area (Å²) in [5, 5.41) is 8.91. The van der Waals surface area contributed by atoms with E-state index in [9.17, 15) is 0 Å². The van der Waals surface area contributed by atoms with Crippen LogP contribution in [0.1, 0.15) is 6.92 Å². The Kier molecular flexibility index (Phi) is 3.35. The van der Waals surface area contributed by atoms with Gasteiger partial charge in [-0.25, -0.2) is 0 Å². The van der Waals surface area contributed by atoms with Crippen LogP contribution in [0.2, 0.25) is 0 Å². The van der Waals surface area contributed by atoms with E-state index < -0.39 is 0 Å². The van der Waals surface area contributed by atoms with Crippen LogP contribution in [0.5, 0.6) is 0 Å². The zero-order chi connectivity index (χ0) is 7.28. The van der Waals surface area contributed by atoms with Crippen molar-refractivity contribution < 1.29 is 5.11 Å². The van der Waals surface area contributed by atoms with Gasteiger partial charge in [0.1, 0.15) is 0 Å². The Hall–Kier alpha value is -1.12. The highest BCUT2D eigenvalue weighted by atomic mass is 16.3. The van der Waals surface area contributed by atoms with Crippen molar-refractivity contribution in [1.29, 1.82) is 0 Å². The Morgan fingerprint density at radius 3 is 2.56 bits per heavy atom. The van der Waals surface area contributed by atoms with Crippen LogP contribution in [-0.4, -0.2) is 24.6 Å². The molecule has 0 saturated heterocycles. The molecule has 0 aromatic heterocycles. The summed E-state index contributed by atoms with van der Waals surface area (Å²) in [4.78, 5) is 7.08. The average Bonchev–Trinajstić information content (AvgIpc) is 1.87. The van der Waals surface area contributed by atoms with Crippen molar-refractivity contribution in [3.8, 4) is 0 Å². The molecular weight excluding hydrogens is 116 g/mol. The molecule has 1 N–H and O–H groups in total. The Balaban J connectivity index is 4.19. The van der Waals surface area contributed by atoms with Crippen molar-refractivity contribution in [2.24, 2.45) is 9.98 Å². The highest BCUT2D eigenvalue weighted by Gasteiger charge is 1.92. The van der Waals surface area contributed by atoms with Crippen molar-refractivity contribution in [3.63, 3.8) is 0 Å². The minimum absolute atomic E-state index is 0.0625. The van der Waals surface area contributed by atoms with Crippen molar-refractivity contribution in [1.82, 2.24) is 0 Å². The molecule has 9 heavy (non-hydrogen) atoms. The summed E-state index contributed by atoms with van der Waals surface area (Å²) in [6.45, 7) is 4.87. The van der Waals surface area contributed by atoms with E-state index in [1.807, 2.05) is 0 Å². The van der Waals surface area contributed by atoms with E-state index in [2.05, 4.69) is 16.7 Å². The summed E-state index contributed by atoms with van der Waals surface area (Å²) < 4.78 is 0. The van der Waals surface area contributed by atoms with Crippen LogP contribution in [0.3, 0.4) is 0 Å². The largest absolute Gasteiger partial charge is 0.505 e. The lowest BCUT2D eigenvalue weighted by molar-refractivity contribution is 0.441. The van der Waals surface area contributed by atoms with Crippen molar-refractivity contribution in [2.75, 3.05) is 7.05 Å². The van der Waals surface area contributed by atoms with Crippen molar-refractivity contribution in [3.05, 3.63) is 12.0 Å². The molecule has 0 aliphatic rings. The lowest BCUT2D eigenvalue weighted by atomic mass is 10.4. The zero-order valence-corrected chi connectivity index (χ0v) is 5.63. The van der Waals surface area contributed by atoms with E-state index in [1.54, 1.807) is 14.0 Å². The lowest BCUT2D eigenvalue weighted by Gasteiger charge is -1.92.